The molecule has 11 aromatic carbocycles. The number of rotatable bonds is 5. The second-order valence-electron chi connectivity index (χ2n) is 25.6. The van der Waals surface area contributed by atoms with Gasteiger partial charge in [-0.25, -0.2) is 0 Å². The molecule has 83 heavy (non-hydrogen) atoms. The maximum atomic E-state index is 2.47. The fraction of sp³-hybridized carbons (Fsp3) is 0.205. The molecule has 0 nitrogen and oxygen atoms in total. The van der Waals surface area contributed by atoms with Crippen LogP contribution in [0.2, 0.25) is 0 Å². The molecule has 0 N–H and O–H groups in total. The molecule has 0 atom stereocenters. The molecule has 0 amide bonds. The fourth-order valence-electron chi connectivity index (χ4n) is 14.7. The second kappa shape index (κ2) is 21.0. The van der Waals surface area contributed by atoms with Crippen molar-refractivity contribution in [1.29, 1.82) is 0 Å². The van der Waals surface area contributed by atoms with Gasteiger partial charge in [0.25, 0.3) is 0 Å². The van der Waals surface area contributed by atoms with Crippen LogP contribution in [0.4, 0.5) is 0 Å². The summed E-state index contributed by atoms with van der Waals surface area (Å²) < 4.78 is 0. The highest BCUT2D eigenvalue weighted by Gasteiger charge is 2.48. The van der Waals surface area contributed by atoms with E-state index in [4.69, 9.17) is 0 Å². The summed E-state index contributed by atoms with van der Waals surface area (Å²) in [4.78, 5) is 0. The number of hydrogen-bond donors (Lipinski definition) is 0. The zero-order chi connectivity index (χ0) is 58.3. The van der Waals surface area contributed by atoms with Crippen molar-refractivity contribution in [2.75, 3.05) is 0 Å². The van der Waals surface area contributed by atoms with Gasteiger partial charge in [0.2, 0.25) is 0 Å². The van der Waals surface area contributed by atoms with E-state index in [-0.39, 0.29) is 16.2 Å². The highest BCUT2D eigenvalue weighted by molar-refractivity contribution is 6.03. The molecule has 0 radical (unpaired) electrons. The van der Waals surface area contributed by atoms with Crippen LogP contribution in [0, 0.1) is 55.4 Å². The predicted molar refractivity (Wildman–Crippen MR) is 357 cm³/mol. The molecule has 0 spiro atoms. The van der Waals surface area contributed by atoms with Crippen LogP contribution >= 0.6 is 0 Å². The van der Waals surface area contributed by atoms with Crippen molar-refractivity contribution >= 4 is 0 Å². The van der Waals surface area contributed by atoms with Crippen molar-refractivity contribution in [1.82, 2.24) is 0 Å². The average molecular weight is 1080 g/mol. The van der Waals surface area contributed by atoms with Gasteiger partial charge in [0.15, 0.2) is 0 Å². The summed E-state index contributed by atoms with van der Waals surface area (Å²) in [6.07, 6.45) is 0. The summed E-state index contributed by atoms with van der Waals surface area (Å²) in [6, 6.07) is 79.9. The number of aryl methyl sites for hydroxylation is 5. The maximum absolute atomic E-state index is 2.47. The Bertz CT molecular complexity index is 4290. The molecule has 0 aliphatic heterocycles. The molecule has 0 heterocycles. The van der Waals surface area contributed by atoms with E-state index < -0.39 is 0 Å². The van der Waals surface area contributed by atoms with Crippen molar-refractivity contribution in [2.45, 2.75) is 113 Å². The first-order valence-electron chi connectivity index (χ1n) is 29.9. The van der Waals surface area contributed by atoms with Gasteiger partial charge in [-0.05, 0) is 212 Å². The van der Waals surface area contributed by atoms with Crippen LogP contribution in [0.3, 0.4) is 0 Å². The summed E-state index contributed by atoms with van der Waals surface area (Å²) in [5.41, 5.74) is 41.4. The predicted octanol–water partition coefficient (Wildman–Crippen LogP) is 22.8. The van der Waals surface area contributed by atoms with Crippen LogP contribution in [-0.4, -0.2) is 0 Å². The first kappa shape index (κ1) is 55.0. The molecule has 3 aliphatic rings. The second-order valence-corrected chi connectivity index (χ2v) is 25.6. The van der Waals surface area contributed by atoms with E-state index in [1.165, 1.54) is 167 Å². The molecular formula is C83H78. The Kier molecular flexibility index (Phi) is 13.9. The van der Waals surface area contributed by atoms with Crippen molar-refractivity contribution in [3.63, 3.8) is 0 Å². The van der Waals surface area contributed by atoms with Gasteiger partial charge in [0.05, 0.1) is 0 Å². The lowest BCUT2D eigenvalue weighted by Crippen LogP contribution is -2.24. The van der Waals surface area contributed by atoms with E-state index in [9.17, 15) is 0 Å². The third-order valence-electron chi connectivity index (χ3n) is 19.0. The maximum Gasteiger partial charge on any atom is 0.0162 e. The normalized spacial score (nSPS) is 14.0. The fourth-order valence-corrected chi connectivity index (χ4v) is 14.7. The van der Waals surface area contributed by atoms with E-state index >= 15 is 0 Å². The Morgan fingerprint density at radius 2 is 0.627 bits per heavy atom. The number of hydrogen-bond acceptors (Lipinski definition) is 0. The Labute approximate surface area is 495 Å². The highest BCUT2D eigenvalue weighted by Crippen LogP contribution is 2.63. The van der Waals surface area contributed by atoms with Crippen LogP contribution in [0.5, 0.6) is 0 Å². The van der Waals surface area contributed by atoms with Crippen molar-refractivity contribution < 1.29 is 0 Å². The van der Waals surface area contributed by atoms with Gasteiger partial charge in [-0.15, -0.1) is 0 Å². The topological polar surface area (TPSA) is 0 Å². The Morgan fingerprint density at radius 3 is 1.18 bits per heavy atom. The standard InChI is InChI=1S/C33H32.C31H30.C19H16/c1-19-16-17-24-26(18-19)33(6,7)30-28(24)21(3)27(22-13-9-8-12-20(22)2)29-23-14-10-11-15-25(23)32(4,5)31(29)30;1-19-10-9-12-23(16-19)26-18-28-30(25-15-14-20(2)17-27(25)31(28,5)6)29(22(26)4)24-13-8-7-11-21(24)3;1-15-18(16-9-4-2-5-10-16)13-8-14-19(15)17-11-6-3-7-12-17/h8-18H,1-7H3;7-18H,1-6H3;2-14H,1H3. The summed E-state index contributed by atoms with van der Waals surface area (Å²) in [7, 11) is 0. The van der Waals surface area contributed by atoms with E-state index in [2.05, 4.69) is 315 Å². The molecular weight excluding hydrogens is 997 g/mol. The quantitative estimate of drug-likeness (QED) is 0.161. The van der Waals surface area contributed by atoms with Crippen molar-refractivity contribution in [2.24, 2.45) is 0 Å². The molecule has 0 heteroatoms. The van der Waals surface area contributed by atoms with Gasteiger partial charge >= 0.3 is 0 Å². The highest BCUT2D eigenvalue weighted by atomic mass is 14.5. The zero-order valence-electron chi connectivity index (χ0n) is 51.3. The van der Waals surface area contributed by atoms with Crippen LogP contribution in [0.25, 0.3) is 89.0 Å². The molecule has 11 aromatic rings. The van der Waals surface area contributed by atoms with Gasteiger partial charge in [0.1, 0.15) is 0 Å². The van der Waals surface area contributed by atoms with E-state index in [0.717, 1.165) is 0 Å². The SMILES string of the molecule is Cc1c(-c2ccccc2)cccc1-c1ccccc1.Cc1ccc2c(c1)C(C)(C)c1c-2c(C)c(-c2ccccc2C)c2c1C(C)(C)c1ccccc1-2.Cc1cccc(-c2cc3c(c(-c4ccccc4C)c2C)-c2ccc(C)cc2C3(C)C)c1. The largest absolute Gasteiger partial charge is 0.0622 e. The first-order chi connectivity index (χ1) is 39.8. The molecule has 3 aliphatic carbocycles. The van der Waals surface area contributed by atoms with Crippen LogP contribution in [0.1, 0.15) is 119 Å². The number of fused-ring (bicyclic) bond motifs is 10. The Hall–Kier alpha value is -8.58. The lowest BCUT2D eigenvalue weighted by atomic mass is 9.70. The monoisotopic (exact) mass is 1070 g/mol. The molecule has 0 unspecified atom stereocenters. The Balaban J connectivity index is 0.000000127. The van der Waals surface area contributed by atoms with Crippen LogP contribution in [0.15, 0.2) is 218 Å². The third-order valence-corrected chi connectivity index (χ3v) is 19.0. The van der Waals surface area contributed by atoms with E-state index in [1.54, 1.807) is 0 Å². The molecule has 0 aromatic heterocycles. The smallest absolute Gasteiger partial charge is 0.0162 e. The summed E-state index contributed by atoms with van der Waals surface area (Å²) in [5, 5.41) is 0. The first-order valence-corrected chi connectivity index (χ1v) is 29.9. The van der Waals surface area contributed by atoms with Gasteiger partial charge in [0, 0.05) is 16.2 Å². The lowest BCUT2D eigenvalue weighted by Gasteiger charge is -2.32. The minimum Gasteiger partial charge on any atom is -0.0622 e. The summed E-state index contributed by atoms with van der Waals surface area (Å²) >= 11 is 0. The molecule has 0 saturated heterocycles. The van der Waals surface area contributed by atoms with E-state index in [0.29, 0.717) is 0 Å². The summed E-state index contributed by atoms with van der Waals surface area (Å²) in [5.74, 6) is 0. The van der Waals surface area contributed by atoms with Crippen LogP contribution in [-0.2, 0) is 16.2 Å². The van der Waals surface area contributed by atoms with Crippen molar-refractivity contribution in [3.05, 3.63) is 296 Å². The molecule has 0 fully saturated rings. The molecule has 0 bridgehead atoms. The molecule has 410 valence electrons. The summed E-state index contributed by atoms with van der Waals surface area (Å²) in [6.45, 7) is 32.4. The van der Waals surface area contributed by atoms with Gasteiger partial charge < -0.3 is 0 Å². The lowest BCUT2D eigenvalue weighted by molar-refractivity contribution is 0.601. The minimum absolute atomic E-state index is 0.0274. The van der Waals surface area contributed by atoms with E-state index in [1.807, 2.05) is 0 Å². The van der Waals surface area contributed by atoms with Gasteiger partial charge in [-0.1, -0.05) is 271 Å². The third kappa shape index (κ3) is 9.14. The van der Waals surface area contributed by atoms with Crippen molar-refractivity contribution in [3.8, 4) is 89.0 Å². The average Bonchev–Trinajstić information content (AvgIpc) is 1.61. The molecule has 0 saturated carbocycles. The van der Waals surface area contributed by atoms with Gasteiger partial charge in [-0.2, -0.15) is 0 Å². The zero-order valence-corrected chi connectivity index (χ0v) is 51.3. The van der Waals surface area contributed by atoms with Crippen LogP contribution < -0.4 is 0 Å². The molecule has 14 rings (SSSR count). The minimum atomic E-state index is -0.0461. The number of benzene rings is 11. The Morgan fingerprint density at radius 1 is 0.217 bits per heavy atom. The van der Waals surface area contributed by atoms with Gasteiger partial charge in [-0.3, -0.25) is 0 Å².